The van der Waals surface area contributed by atoms with E-state index in [4.69, 9.17) is 5.73 Å². The molecule has 22 heavy (non-hydrogen) atoms. The van der Waals surface area contributed by atoms with Crippen LogP contribution >= 0.6 is 0 Å². The second-order valence-electron chi connectivity index (χ2n) is 5.43. The first-order chi connectivity index (χ1) is 10.6. The Morgan fingerprint density at radius 2 is 2.14 bits per heavy atom. The van der Waals surface area contributed by atoms with Crippen molar-refractivity contribution in [2.75, 3.05) is 6.54 Å². The highest BCUT2D eigenvalue weighted by molar-refractivity contribution is 5.75. The van der Waals surface area contributed by atoms with Crippen molar-refractivity contribution in [3.8, 4) is 17.0 Å². The molecule has 1 amide bonds. The van der Waals surface area contributed by atoms with Crippen molar-refractivity contribution in [2.24, 2.45) is 5.73 Å². The molecule has 3 rings (SSSR count). The van der Waals surface area contributed by atoms with Crippen molar-refractivity contribution in [1.29, 1.82) is 0 Å². The summed E-state index contributed by atoms with van der Waals surface area (Å²) >= 11 is 0. The largest absolute Gasteiger partial charge is 0.508 e. The van der Waals surface area contributed by atoms with Crippen LogP contribution in [0, 0.1) is 0 Å². The molecule has 1 aliphatic heterocycles. The van der Waals surface area contributed by atoms with Crippen LogP contribution in [0.15, 0.2) is 36.4 Å². The molecule has 0 bridgehead atoms. The lowest BCUT2D eigenvalue weighted by Crippen LogP contribution is -2.36. The fourth-order valence-corrected chi connectivity index (χ4v) is 2.56. The van der Waals surface area contributed by atoms with E-state index in [0.717, 1.165) is 28.9 Å². The number of nitrogens with one attached hydrogen (secondary N) is 2. The van der Waals surface area contributed by atoms with Crippen LogP contribution in [0.1, 0.15) is 18.5 Å². The Balaban J connectivity index is 1.73. The second kappa shape index (κ2) is 6.03. The van der Waals surface area contributed by atoms with Gasteiger partial charge in [0.1, 0.15) is 5.75 Å². The molecule has 0 radical (unpaired) electrons. The number of hydrogen-bond donors (Lipinski definition) is 4. The quantitative estimate of drug-likeness (QED) is 0.685. The van der Waals surface area contributed by atoms with Gasteiger partial charge < -0.3 is 16.2 Å². The molecule has 5 N–H and O–H groups in total. The number of rotatable bonds is 4. The van der Waals surface area contributed by atoms with E-state index in [0.29, 0.717) is 13.0 Å². The molecule has 0 fully saturated rings. The minimum absolute atomic E-state index is 0.112. The number of hydrogen-bond acceptors (Lipinski definition) is 4. The van der Waals surface area contributed by atoms with Gasteiger partial charge in [-0.05, 0) is 42.3 Å². The first-order valence-corrected chi connectivity index (χ1v) is 7.18. The smallest absolute Gasteiger partial charge is 0.218 e. The van der Waals surface area contributed by atoms with Crippen molar-refractivity contribution >= 4 is 11.5 Å². The summed E-state index contributed by atoms with van der Waals surface area (Å²) in [6.07, 6.45) is 3.23. The van der Waals surface area contributed by atoms with Gasteiger partial charge in [-0.2, -0.15) is 5.10 Å². The summed E-state index contributed by atoms with van der Waals surface area (Å²) in [5, 5.41) is 20.0. The summed E-state index contributed by atoms with van der Waals surface area (Å²) in [5.41, 5.74) is 9.06. The number of aromatic amines is 1. The van der Waals surface area contributed by atoms with Gasteiger partial charge in [-0.25, -0.2) is 0 Å². The number of phenolic OH excluding ortho intramolecular Hbond substituents is 1. The zero-order chi connectivity index (χ0) is 15.5. The Morgan fingerprint density at radius 1 is 1.36 bits per heavy atom. The summed E-state index contributed by atoms with van der Waals surface area (Å²) in [7, 11) is 0. The molecular formula is C16H18N4O2. The molecule has 6 nitrogen and oxygen atoms in total. The minimum Gasteiger partial charge on any atom is -0.508 e. The number of nitrogens with zero attached hydrogens (tertiary/aromatic N) is 1. The van der Waals surface area contributed by atoms with Crippen molar-refractivity contribution in [3.05, 3.63) is 42.1 Å². The zero-order valence-corrected chi connectivity index (χ0v) is 12.0. The van der Waals surface area contributed by atoms with Crippen molar-refractivity contribution < 1.29 is 9.90 Å². The van der Waals surface area contributed by atoms with Crippen LogP contribution in [0.4, 0.5) is 0 Å². The number of phenols is 1. The van der Waals surface area contributed by atoms with E-state index in [2.05, 4.69) is 21.6 Å². The van der Waals surface area contributed by atoms with Gasteiger partial charge in [0.25, 0.3) is 0 Å². The first kappa shape index (κ1) is 14.3. The Hall–Kier alpha value is -2.60. The summed E-state index contributed by atoms with van der Waals surface area (Å²) in [5.74, 6) is -0.0512. The van der Waals surface area contributed by atoms with Crippen LogP contribution in [0.3, 0.4) is 0 Å². The normalized spacial score (nSPS) is 18.0. The minimum atomic E-state index is -0.287. The number of carbonyl (C=O) groups excluding carboxylic acids is 1. The average molecular weight is 298 g/mol. The van der Waals surface area contributed by atoms with Crippen molar-refractivity contribution in [3.63, 3.8) is 0 Å². The predicted octanol–water partition coefficient (Wildman–Crippen LogP) is 1.40. The molecule has 0 saturated heterocycles. The maximum absolute atomic E-state index is 10.9. The molecule has 114 valence electrons. The number of nitrogens with two attached hydrogens (primary N) is 1. The molecule has 1 unspecified atom stereocenters. The topological polar surface area (TPSA) is 104 Å². The van der Waals surface area contributed by atoms with E-state index in [1.165, 1.54) is 0 Å². The molecule has 1 aliphatic rings. The molecule has 2 heterocycles. The van der Waals surface area contributed by atoms with Crippen molar-refractivity contribution in [2.45, 2.75) is 18.9 Å². The molecule has 6 heteroatoms. The molecule has 1 aromatic carbocycles. The van der Waals surface area contributed by atoms with E-state index in [-0.39, 0.29) is 17.7 Å². The van der Waals surface area contributed by atoms with Crippen LogP contribution in [-0.2, 0) is 4.79 Å². The molecule has 0 aliphatic carbocycles. The number of aromatic nitrogens is 2. The molecule has 1 atom stereocenters. The summed E-state index contributed by atoms with van der Waals surface area (Å²) in [4.78, 5) is 10.9. The Labute approximate surface area is 128 Å². The monoisotopic (exact) mass is 298 g/mol. The van der Waals surface area contributed by atoms with Gasteiger partial charge in [-0.1, -0.05) is 6.08 Å². The number of carbonyl (C=O) groups is 1. The van der Waals surface area contributed by atoms with Gasteiger partial charge >= 0.3 is 0 Å². The molecule has 0 saturated carbocycles. The molecular weight excluding hydrogens is 280 g/mol. The molecule has 1 aromatic heterocycles. The highest BCUT2D eigenvalue weighted by atomic mass is 16.3. The summed E-state index contributed by atoms with van der Waals surface area (Å²) < 4.78 is 0. The Bertz CT molecular complexity index is 703. The number of H-pyrrole nitrogens is 1. The fraction of sp³-hybridized carbons (Fsp3) is 0.250. The maximum Gasteiger partial charge on any atom is 0.218 e. The third kappa shape index (κ3) is 3.17. The van der Waals surface area contributed by atoms with E-state index in [1.807, 2.05) is 18.2 Å². The fourth-order valence-electron chi connectivity index (χ4n) is 2.56. The summed E-state index contributed by atoms with van der Waals surface area (Å²) in [6, 6.07) is 9.02. The third-order valence-corrected chi connectivity index (χ3v) is 3.76. The Kier molecular flexibility index (Phi) is 3.93. The maximum atomic E-state index is 10.9. The third-order valence-electron chi connectivity index (χ3n) is 3.76. The highest BCUT2D eigenvalue weighted by Crippen LogP contribution is 2.24. The zero-order valence-electron chi connectivity index (χ0n) is 12.0. The van der Waals surface area contributed by atoms with Gasteiger partial charge in [0.2, 0.25) is 5.91 Å². The van der Waals surface area contributed by atoms with Gasteiger partial charge in [-0.15, -0.1) is 0 Å². The highest BCUT2D eigenvalue weighted by Gasteiger charge is 2.17. The van der Waals surface area contributed by atoms with Gasteiger partial charge in [0.15, 0.2) is 0 Å². The van der Waals surface area contributed by atoms with E-state index < -0.39 is 0 Å². The van der Waals surface area contributed by atoms with E-state index in [9.17, 15) is 9.90 Å². The van der Waals surface area contributed by atoms with Crippen LogP contribution < -0.4 is 11.1 Å². The lowest BCUT2D eigenvalue weighted by molar-refractivity contribution is -0.118. The number of benzene rings is 1. The SMILES string of the molecule is NC(=O)CC1CC=C(c2cc(-c3ccc(O)cc3)n[nH]2)CN1. The lowest BCUT2D eigenvalue weighted by atomic mass is 10.00. The average Bonchev–Trinajstić information content (AvgIpc) is 2.98. The number of primary amides is 1. The van der Waals surface area contributed by atoms with Crippen LogP contribution in [0.5, 0.6) is 5.75 Å². The van der Waals surface area contributed by atoms with Crippen LogP contribution in [0.2, 0.25) is 0 Å². The number of amides is 1. The Morgan fingerprint density at radius 3 is 2.77 bits per heavy atom. The standard InChI is InChI=1S/C16H18N4O2/c17-16(22)7-12-4-1-11(9-18-12)15-8-14(19-20-15)10-2-5-13(21)6-3-10/h1-3,5-6,8,12,18,21H,4,7,9H2,(H2,17,22)(H,19,20). The van der Waals surface area contributed by atoms with Crippen molar-refractivity contribution in [1.82, 2.24) is 15.5 Å². The predicted molar refractivity (Wildman–Crippen MR) is 83.9 cm³/mol. The first-order valence-electron chi connectivity index (χ1n) is 7.18. The van der Waals surface area contributed by atoms with Gasteiger partial charge in [-0.3, -0.25) is 9.89 Å². The summed E-state index contributed by atoms with van der Waals surface area (Å²) in [6.45, 7) is 0.676. The lowest BCUT2D eigenvalue weighted by Gasteiger charge is -2.21. The number of aromatic hydroxyl groups is 1. The van der Waals surface area contributed by atoms with Gasteiger partial charge in [0, 0.05) is 24.6 Å². The molecule has 2 aromatic rings. The molecule has 0 spiro atoms. The second-order valence-corrected chi connectivity index (χ2v) is 5.43. The van der Waals surface area contributed by atoms with E-state index >= 15 is 0 Å². The van der Waals surface area contributed by atoms with Crippen LogP contribution in [0.25, 0.3) is 16.8 Å². The van der Waals surface area contributed by atoms with Crippen LogP contribution in [-0.4, -0.2) is 33.8 Å². The van der Waals surface area contributed by atoms with E-state index in [1.54, 1.807) is 12.1 Å². The van der Waals surface area contributed by atoms with Gasteiger partial charge in [0.05, 0.1) is 11.4 Å².